The number of hydrogen-bond acceptors (Lipinski definition) is 3. The standard InChI is InChI=1S/C20H19Cl3N2O3/c1-12-15(22)6-4-7-17(12)24-18(26)11-28-20(27)25-8-3-2-5-13-9-14(21)10-16(23)19(13)25/h4,6-7,9-10H,2-3,5,8,11H2,1H3,(H,24,26). The smallest absolute Gasteiger partial charge is 0.414 e. The van der Waals surface area contributed by atoms with Gasteiger partial charge in [-0.3, -0.25) is 9.69 Å². The second kappa shape index (κ2) is 9.03. The van der Waals surface area contributed by atoms with Gasteiger partial charge in [-0.1, -0.05) is 40.9 Å². The van der Waals surface area contributed by atoms with E-state index < -0.39 is 18.6 Å². The third-order valence-corrected chi connectivity index (χ3v) is 5.46. The maximum absolute atomic E-state index is 12.6. The average molecular weight is 442 g/mol. The summed E-state index contributed by atoms with van der Waals surface area (Å²) in [5.41, 5.74) is 2.81. The largest absolute Gasteiger partial charge is 0.439 e. The molecule has 0 unspecified atom stereocenters. The molecule has 0 aliphatic carbocycles. The van der Waals surface area contributed by atoms with Gasteiger partial charge in [0.15, 0.2) is 6.61 Å². The molecule has 148 valence electrons. The lowest BCUT2D eigenvalue weighted by Gasteiger charge is -2.23. The Morgan fingerprint density at radius 3 is 2.71 bits per heavy atom. The fraction of sp³-hybridized carbons (Fsp3) is 0.300. The van der Waals surface area contributed by atoms with Crippen LogP contribution in [0.1, 0.15) is 24.0 Å². The van der Waals surface area contributed by atoms with E-state index in [2.05, 4.69) is 5.32 Å². The first-order valence-corrected chi connectivity index (χ1v) is 9.97. The van der Waals surface area contributed by atoms with Crippen molar-refractivity contribution in [2.24, 2.45) is 0 Å². The van der Waals surface area contributed by atoms with Gasteiger partial charge in [0.05, 0.1) is 10.7 Å². The lowest BCUT2D eigenvalue weighted by molar-refractivity contribution is -0.118. The number of fused-ring (bicyclic) bond motifs is 1. The molecular weight excluding hydrogens is 423 g/mol. The number of anilines is 2. The number of carbonyl (C=O) groups is 2. The molecule has 0 atom stereocenters. The van der Waals surface area contributed by atoms with Crippen molar-refractivity contribution in [1.29, 1.82) is 0 Å². The van der Waals surface area contributed by atoms with Crippen LogP contribution in [0.15, 0.2) is 30.3 Å². The fourth-order valence-corrected chi connectivity index (χ4v) is 3.94. The van der Waals surface area contributed by atoms with Crippen LogP contribution in [0.3, 0.4) is 0 Å². The zero-order valence-electron chi connectivity index (χ0n) is 15.2. The minimum Gasteiger partial charge on any atom is -0.439 e. The Kier molecular flexibility index (Phi) is 6.70. The van der Waals surface area contributed by atoms with Crippen LogP contribution in [0.2, 0.25) is 15.1 Å². The Bertz CT molecular complexity index is 918. The van der Waals surface area contributed by atoms with E-state index in [1.54, 1.807) is 31.2 Å². The molecule has 1 heterocycles. The normalized spacial score (nSPS) is 13.5. The summed E-state index contributed by atoms with van der Waals surface area (Å²) in [5.74, 6) is -0.448. The van der Waals surface area contributed by atoms with Crippen molar-refractivity contribution in [2.45, 2.75) is 26.2 Å². The van der Waals surface area contributed by atoms with E-state index in [4.69, 9.17) is 39.5 Å². The second-order valence-electron chi connectivity index (χ2n) is 6.52. The van der Waals surface area contributed by atoms with Crippen LogP contribution in [0, 0.1) is 6.92 Å². The number of nitrogens with one attached hydrogen (secondary N) is 1. The molecule has 2 aromatic rings. The fourth-order valence-electron chi connectivity index (χ4n) is 3.13. The Labute approximate surface area is 178 Å². The van der Waals surface area contributed by atoms with Crippen LogP contribution in [-0.4, -0.2) is 25.2 Å². The van der Waals surface area contributed by atoms with Crippen molar-refractivity contribution in [3.05, 3.63) is 56.5 Å². The lowest BCUT2D eigenvalue weighted by Crippen LogP contribution is -2.34. The van der Waals surface area contributed by atoms with E-state index in [9.17, 15) is 9.59 Å². The van der Waals surface area contributed by atoms with Gasteiger partial charge in [-0.15, -0.1) is 0 Å². The predicted octanol–water partition coefficient (Wildman–Crippen LogP) is 5.87. The van der Waals surface area contributed by atoms with Crippen molar-refractivity contribution in [1.82, 2.24) is 0 Å². The van der Waals surface area contributed by atoms with Crippen molar-refractivity contribution in [3.8, 4) is 0 Å². The highest BCUT2D eigenvalue weighted by Crippen LogP contribution is 2.36. The molecule has 28 heavy (non-hydrogen) atoms. The van der Waals surface area contributed by atoms with Gasteiger partial charge in [-0.2, -0.15) is 0 Å². The molecule has 0 radical (unpaired) electrons. The number of amides is 2. The summed E-state index contributed by atoms with van der Waals surface area (Å²) in [6.45, 7) is 1.84. The second-order valence-corrected chi connectivity index (χ2v) is 7.77. The maximum Gasteiger partial charge on any atom is 0.414 e. The topological polar surface area (TPSA) is 58.6 Å². The zero-order chi connectivity index (χ0) is 20.3. The van der Waals surface area contributed by atoms with Crippen LogP contribution in [0.4, 0.5) is 16.2 Å². The summed E-state index contributed by atoms with van der Waals surface area (Å²) in [5, 5.41) is 4.16. The van der Waals surface area contributed by atoms with Gasteiger partial charge in [-0.25, -0.2) is 4.79 Å². The molecule has 5 nitrogen and oxygen atoms in total. The number of hydrogen-bond donors (Lipinski definition) is 1. The quantitative estimate of drug-likeness (QED) is 0.647. The van der Waals surface area contributed by atoms with Crippen molar-refractivity contribution in [3.63, 3.8) is 0 Å². The first-order valence-electron chi connectivity index (χ1n) is 8.84. The van der Waals surface area contributed by atoms with Crippen LogP contribution >= 0.6 is 34.8 Å². The highest BCUT2D eigenvalue weighted by Gasteiger charge is 2.26. The highest BCUT2D eigenvalue weighted by molar-refractivity contribution is 6.37. The molecule has 0 bridgehead atoms. The zero-order valence-corrected chi connectivity index (χ0v) is 17.5. The van der Waals surface area contributed by atoms with E-state index in [1.165, 1.54) is 4.90 Å². The Morgan fingerprint density at radius 2 is 1.93 bits per heavy atom. The minimum atomic E-state index is -0.620. The monoisotopic (exact) mass is 440 g/mol. The Morgan fingerprint density at radius 1 is 1.14 bits per heavy atom. The number of benzene rings is 2. The molecule has 0 aromatic heterocycles. The number of aryl methyl sites for hydroxylation is 1. The number of halogens is 3. The molecular formula is C20H19Cl3N2O3. The minimum absolute atomic E-state index is 0.389. The summed E-state index contributed by atoms with van der Waals surface area (Å²) in [7, 11) is 0. The molecule has 2 aromatic carbocycles. The van der Waals surface area contributed by atoms with E-state index in [0.29, 0.717) is 33.0 Å². The van der Waals surface area contributed by atoms with Crippen LogP contribution in [0.25, 0.3) is 0 Å². The van der Waals surface area contributed by atoms with Gasteiger partial charge in [0, 0.05) is 22.3 Å². The first kappa shape index (κ1) is 20.8. The van der Waals surface area contributed by atoms with Crippen molar-refractivity contribution in [2.75, 3.05) is 23.4 Å². The van der Waals surface area contributed by atoms with E-state index in [-0.39, 0.29) is 0 Å². The van der Waals surface area contributed by atoms with Crippen molar-refractivity contribution < 1.29 is 14.3 Å². The van der Waals surface area contributed by atoms with Gasteiger partial charge >= 0.3 is 6.09 Å². The van der Waals surface area contributed by atoms with E-state index >= 15 is 0 Å². The lowest BCUT2D eigenvalue weighted by atomic mass is 10.1. The summed E-state index contributed by atoms with van der Waals surface area (Å²) >= 11 is 18.5. The highest BCUT2D eigenvalue weighted by atomic mass is 35.5. The Hall–Kier alpha value is -1.95. The summed E-state index contributed by atoms with van der Waals surface area (Å²) in [6.07, 6.45) is 1.85. The van der Waals surface area contributed by atoms with Crippen LogP contribution in [-0.2, 0) is 16.0 Å². The van der Waals surface area contributed by atoms with Crippen LogP contribution < -0.4 is 10.2 Å². The van der Waals surface area contributed by atoms with Gasteiger partial charge in [0.2, 0.25) is 0 Å². The average Bonchev–Trinajstić information content (AvgIpc) is 2.86. The summed E-state index contributed by atoms with van der Waals surface area (Å²) < 4.78 is 5.23. The Balaban J connectivity index is 1.68. The third-order valence-electron chi connectivity index (χ3n) is 4.54. The first-order chi connectivity index (χ1) is 13.4. The molecule has 1 aliphatic rings. The molecule has 3 rings (SSSR count). The molecule has 1 N–H and O–H groups in total. The third kappa shape index (κ3) is 4.72. The number of nitrogens with zero attached hydrogens (tertiary/aromatic N) is 1. The van der Waals surface area contributed by atoms with Crippen molar-refractivity contribution >= 4 is 58.2 Å². The van der Waals surface area contributed by atoms with E-state index in [1.807, 2.05) is 6.07 Å². The van der Waals surface area contributed by atoms with E-state index in [0.717, 1.165) is 30.4 Å². The molecule has 0 saturated carbocycles. The summed E-state index contributed by atoms with van der Waals surface area (Å²) in [4.78, 5) is 26.3. The number of ether oxygens (including phenoxy) is 1. The molecule has 8 heteroatoms. The summed E-state index contributed by atoms with van der Waals surface area (Å²) in [6, 6.07) is 8.61. The molecule has 0 fully saturated rings. The predicted molar refractivity (Wildman–Crippen MR) is 113 cm³/mol. The molecule has 0 spiro atoms. The molecule has 2 amide bonds. The van der Waals surface area contributed by atoms with Gasteiger partial charge < -0.3 is 10.1 Å². The molecule has 1 aliphatic heterocycles. The van der Waals surface area contributed by atoms with Gasteiger partial charge in [0.1, 0.15) is 0 Å². The SMILES string of the molecule is Cc1c(Cl)cccc1NC(=O)COC(=O)N1CCCCc2cc(Cl)cc(Cl)c21. The number of rotatable bonds is 3. The number of carbonyl (C=O) groups excluding carboxylic acids is 2. The van der Waals surface area contributed by atoms with Crippen LogP contribution in [0.5, 0.6) is 0 Å². The molecule has 0 saturated heterocycles. The maximum atomic E-state index is 12.6. The van der Waals surface area contributed by atoms with Gasteiger partial charge in [-0.05, 0) is 61.6 Å². The van der Waals surface area contributed by atoms with Gasteiger partial charge in [0.25, 0.3) is 5.91 Å².